The van der Waals surface area contributed by atoms with Crippen molar-refractivity contribution in [2.45, 2.75) is 58.4 Å². The lowest BCUT2D eigenvalue weighted by Gasteiger charge is -2.29. The highest BCUT2D eigenvalue weighted by molar-refractivity contribution is 5.96. The van der Waals surface area contributed by atoms with E-state index in [2.05, 4.69) is 58.5 Å². The Bertz CT molecular complexity index is 859. The third-order valence-corrected chi connectivity index (χ3v) is 5.90. The number of nitrogens with one attached hydrogen (secondary N) is 2. The Morgan fingerprint density at radius 2 is 1.83 bits per heavy atom. The molecular formula is C23H34N6O. The lowest BCUT2D eigenvalue weighted by Crippen LogP contribution is -2.29. The number of nitrogens with zero attached hydrogens (tertiary/aromatic N) is 3. The van der Waals surface area contributed by atoms with Crippen LogP contribution in [-0.4, -0.2) is 47.0 Å². The predicted molar refractivity (Wildman–Crippen MR) is 123 cm³/mol. The van der Waals surface area contributed by atoms with E-state index in [0.717, 1.165) is 30.9 Å². The van der Waals surface area contributed by atoms with Crippen molar-refractivity contribution in [2.24, 2.45) is 5.73 Å². The molecule has 1 amide bonds. The minimum atomic E-state index is -0.585. The number of benzene rings is 1. The van der Waals surface area contributed by atoms with Crippen molar-refractivity contribution in [3.63, 3.8) is 0 Å². The molecule has 0 saturated carbocycles. The summed E-state index contributed by atoms with van der Waals surface area (Å²) >= 11 is 0. The molecule has 1 aromatic heterocycles. The van der Waals surface area contributed by atoms with E-state index in [4.69, 9.17) is 5.73 Å². The van der Waals surface area contributed by atoms with Gasteiger partial charge >= 0.3 is 0 Å². The van der Waals surface area contributed by atoms with Crippen molar-refractivity contribution in [1.82, 2.24) is 14.9 Å². The monoisotopic (exact) mass is 410 g/mol. The van der Waals surface area contributed by atoms with Crippen molar-refractivity contribution in [3.05, 3.63) is 41.2 Å². The van der Waals surface area contributed by atoms with Gasteiger partial charge in [-0.1, -0.05) is 26.0 Å². The van der Waals surface area contributed by atoms with E-state index < -0.39 is 5.91 Å². The fourth-order valence-corrected chi connectivity index (χ4v) is 3.74. The van der Waals surface area contributed by atoms with E-state index in [9.17, 15) is 4.79 Å². The van der Waals surface area contributed by atoms with Crippen molar-refractivity contribution in [3.8, 4) is 0 Å². The van der Waals surface area contributed by atoms with Crippen LogP contribution in [-0.2, 0) is 6.42 Å². The molecule has 1 aliphatic rings. The Labute approximate surface area is 179 Å². The second-order valence-corrected chi connectivity index (χ2v) is 8.21. The van der Waals surface area contributed by atoms with Gasteiger partial charge in [0.05, 0.1) is 5.69 Å². The molecule has 1 saturated heterocycles. The first-order valence-electron chi connectivity index (χ1n) is 10.9. The van der Waals surface area contributed by atoms with E-state index >= 15 is 0 Å². The van der Waals surface area contributed by atoms with E-state index in [1.54, 1.807) is 0 Å². The standard InChI is InChI=1S/C23H34N6O/c1-5-15(3)25-22-19(6-2)27-20(21(24)30)23(28-22)26-18-9-7-16(8-10-18)17-11-13-29(4)14-12-17/h7-10,15,17H,5-6,11-14H2,1-4H3,(H2,24,30)(H2,25,26,28). The Hall–Kier alpha value is -2.67. The SMILES string of the molecule is CCc1nc(C(N)=O)c(Nc2ccc(C3CCN(C)CC3)cc2)nc1NC(C)CC. The number of carbonyl (C=O) groups is 1. The van der Waals surface area contributed by atoms with Crippen LogP contribution in [0.5, 0.6) is 0 Å². The molecule has 2 heterocycles. The maximum atomic E-state index is 12.0. The number of hydrogen-bond donors (Lipinski definition) is 3. The molecule has 1 fully saturated rings. The molecular weight excluding hydrogens is 376 g/mol. The van der Waals surface area contributed by atoms with Gasteiger partial charge in [0.25, 0.3) is 5.91 Å². The van der Waals surface area contributed by atoms with Gasteiger partial charge in [-0.15, -0.1) is 0 Å². The first-order chi connectivity index (χ1) is 14.4. The fourth-order valence-electron chi connectivity index (χ4n) is 3.74. The summed E-state index contributed by atoms with van der Waals surface area (Å²) in [6, 6.07) is 8.65. The molecule has 1 aliphatic heterocycles. The fraction of sp³-hybridized carbons (Fsp3) is 0.522. The van der Waals surface area contributed by atoms with Gasteiger partial charge in [-0.2, -0.15) is 0 Å². The van der Waals surface area contributed by atoms with Gasteiger partial charge in [0, 0.05) is 11.7 Å². The van der Waals surface area contributed by atoms with Crippen molar-refractivity contribution < 1.29 is 4.79 Å². The highest BCUT2D eigenvalue weighted by atomic mass is 16.1. The number of rotatable bonds is 8. The van der Waals surface area contributed by atoms with E-state index in [1.807, 2.05) is 19.1 Å². The van der Waals surface area contributed by atoms with Gasteiger partial charge in [0.2, 0.25) is 0 Å². The first kappa shape index (κ1) is 22.0. The molecule has 7 heteroatoms. The molecule has 30 heavy (non-hydrogen) atoms. The normalized spacial score (nSPS) is 16.3. The molecule has 3 rings (SSSR count). The molecule has 0 radical (unpaired) electrons. The summed E-state index contributed by atoms with van der Waals surface area (Å²) in [6.45, 7) is 8.47. The summed E-state index contributed by atoms with van der Waals surface area (Å²) in [5, 5.41) is 6.64. The average molecular weight is 411 g/mol. The van der Waals surface area contributed by atoms with Crippen LogP contribution >= 0.6 is 0 Å². The molecule has 4 N–H and O–H groups in total. The summed E-state index contributed by atoms with van der Waals surface area (Å²) in [4.78, 5) is 23.6. The van der Waals surface area contributed by atoms with Crippen molar-refractivity contribution >= 4 is 23.2 Å². The van der Waals surface area contributed by atoms with Gasteiger partial charge in [-0.25, -0.2) is 9.97 Å². The zero-order valence-electron chi connectivity index (χ0n) is 18.5. The van der Waals surface area contributed by atoms with Gasteiger partial charge in [0.15, 0.2) is 11.5 Å². The highest BCUT2D eigenvalue weighted by Crippen LogP contribution is 2.29. The minimum absolute atomic E-state index is 0.168. The molecule has 7 nitrogen and oxygen atoms in total. The lowest BCUT2D eigenvalue weighted by molar-refractivity contribution is 0.0996. The molecule has 0 bridgehead atoms. The Kier molecular flexibility index (Phi) is 7.26. The topological polar surface area (TPSA) is 96.2 Å². The minimum Gasteiger partial charge on any atom is -0.366 e. The molecule has 2 aromatic rings. The number of likely N-dealkylation sites (tertiary alicyclic amines) is 1. The zero-order chi connectivity index (χ0) is 21.7. The third-order valence-electron chi connectivity index (χ3n) is 5.90. The van der Waals surface area contributed by atoms with Gasteiger partial charge < -0.3 is 21.3 Å². The summed E-state index contributed by atoms with van der Waals surface area (Å²) < 4.78 is 0. The van der Waals surface area contributed by atoms with Crippen LogP contribution in [0.4, 0.5) is 17.3 Å². The first-order valence-corrected chi connectivity index (χ1v) is 10.9. The van der Waals surface area contributed by atoms with Gasteiger partial charge in [-0.05, 0) is 76.4 Å². The van der Waals surface area contributed by atoms with E-state index in [-0.39, 0.29) is 11.7 Å². The number of nitrogens with two attached hydrogens (primary N) is 1. The number of piperidine rings is 1. The summed E-state index contributed by atoms with van der Waals surface area (Å²) in [5.74, 6) is 1.10. The summed E-state index contributed by atoms with van der Waals surface area (Å²) in [7, 11) is 2.18. The van der Waals surface area contributed by atoms with Crippen LogP contribution in [0.1, 0.15) is 67.7 Å². The van der Waals surface area contributed by atoms with Gasteiger partial charge in [0.1, 0.15) is 5.82 Å². The van der Waals surface area contributed by atoms with E-state index in [0.29, 0.717) is 24.0 Å². The molecule has 162 valence electrons. The van der Waals surface area contributed by atoms with Crippen LogP contribution in [0.15, 0.2) is 24.3 Å². The Balaban J connectivity index is 1.83. The van der Waals surface area contributed by atoms with E-state index in [1.165, 1.54) is 18.4 Å². The average Bonchev–Trinajstić information content (AvgIpc) is 2.74. The smallest absolute Gasteiger partial charge is 0.271 e. The third kappa shape index (κ3) is 5.27. The van der Waals surface area contributed by atoms with Crippen LogP contribution in [0.3, 0.4) is 0 Å². The molecule has 0 spiro atoms. The number of amides is 1. The maximum Gasteiger partial charge on any atom is 0.271 e. The lowest BCUT2D eigenvalue weighted by atomic mass is 9.89. The zero-order valence-corrected chi connectivity index (χ0v) is 18.5. The largest absolute Gasteiger partial charge is 0.366 e. The Morgan fingerprint density at radius 3 is 2.40 bits per heavy atom. The highest BCUT2D eigenvalue weighted by Gasteiger charge is 2.20. The summed E-state index contributed by atoms with van der Waals surface area (Å²) in [6.07, 6.45) is 3.99. The number of carbonyl (C=O) groups excluding carboxylic acids is 1. The predicted octanol–water partition coefficient (Wildman–Crippen LogP) is 3.90. The number of hydrogen-bond acceptors (Lipinski definition) is 6. The van der Waals surface area contributed by atoms with Crippen molar-refractivity contribution in [1.29, 1.82) is 0 Å². The van der Waals surface area contributed by atoms with Crippen LogP contribution in [0, 0.1) is 0 Å². The number of aromatic nitrogens is 2. The van der Waals surface area contributed by atoms with Crippen LogP contribution < -0.4 is 16.4 Å². The number of anilines is 3. The van der Waals surface area contributed by atoms with Crippen LogP contribution in [0.25, 0.3) is 0 Å². The van der Waals surface area contributed by atoms with Crippen LogP contribution in [0.2, 0.25) is 0 Å². The molecule has 1 unspecified atom stereocenters. The molecule has 0 aliphatic carbocycles. The number of aryl methyl sites for hydroxylation is 1. The Morgan fingerprint density at radius 1 is 1.17 bits per heavy atom. The second kappa shape index (κ2) is 9.89. The molecule has 1 atom stereocenters. The second-order valence-electron chi connectivity index (χ2n) is 8.21. The maximum absolute atomic E-state index is 12.0. The molecule has 1 aromatic carbocycles. The van der Waals surface area contributed by atoms with Crippen molar-refractivity contribution in [2.75, 3.05) is 30.8 Å². The van der Waals surface area contributed by atoms with Gasteiger partial charge in [-0.3, -0.25) is 4.79 Å². The quantitative estimate of drug-likeness (QED) is 0.611. The number of primary amides is 1. The summed E-state index contributed by atoms with van der Waals surface area (Å²) in [5.41, 5.74) is 8.73.